The van der Waals surface area contributed by atoms with E-state index in [1.807, 2.05) is 14.1 Å². The maximum absolute atomic E-state index is 10.9. The minimum absolute atomic E-state index is 0.0148. The first-order valence-corrected chi connectivity index (χ1v) is 6.26. The zero-order valence-corrected chi connectivity index (χ0v) is 11.0. The predicted molar refractivity (Wildman–Crippen MR) is 66.6 cm³/mol. The van der Waals surface area contributed by atoms with Crippen LogP contribution in [0, 0.1) is 0 Å². The average Bonchev–Trinajstić information content (AvgIpc) is 2.26. The molecule has 0 spiro atoms. The van der Waals surface area contributed by atoms with Crippen LogP contribution >= 0.6 is 0 Å². The van der Waals surface area contributed by atoms with Crippen molar-refractivity contribution in [3.8, 4) is 0 Å². The summed E-state index contributed by atoms with van der Waals surface area (Å²) < 4.78 is 0. The third-order valence-corrected chi connectivity index (χ3v) is 3.50. The molecule has 104 valence electrons. The molecule has 1 fully saturated rings. The Morgan fingerprint density at radius 2 is 1.44 bits per heavy atom. The molecule has 0 bridgehead atoms. The Morgan fingerprint density at radius 1 is 1.00 bits per heavy atom. The van der Waals surface area contributed by atoms with Gasteiger partial charge in [0.25, 0.3) is 0 Å². The number of hydrogen-bond acceptors (Lipinski definition) is 4. The van der Waals surface area contributed by atoms with Gasteiger partial charge >= 0.3 is 11.9 Å². The number of rotatable bonds is 6. The SMILES string of the molecule is CN(C)[C@H]1CCCC[C@@H]1N(CC(=O)O)CC(=O)O. The predicted octanol–water partition coefficient (Wildman–Crippen LogP) is 0.330. The molecule has 0 amide bonds. The Labute approximate surface area is 107 Å². The van der Waals surface area contributed by atoms with E-state index in [0.717, 1.165) is 25.7 Å². The van der Waals surface area contributed by atoms with E-state index in [9.17, 15) is 9.59 Å². The first-order valence-electron chi connectivity index (χ1n) is 6.26. The number of nitrogens with zero attached hydrogens (tertiary/aromatic N) is 2. The van der Waals surface area contributed by atoms with Gasteiger partial charge in [-0.15, -0.1) is 0 Å². The smallest absolute Gasteiger partial charge is 0.317 e. The first kappa shape index (κ1) is 14.9. The van der Waals surface area contributed by atoms with Gasteiger partial charge in [0.05, 0.1) is 13.1 Å². The standard InChI is InChI=1S/C12H22N2O4/c1-13(2)9-5-3-4-6-10(9)14(7-11(15)16)8-12(17)18/h9-10H,3-8H2,1-2H3,(H,15,16)(H,17,18)/t9-,10-/m0/s1. The van der Waals surface area contributed by atoms with Crippen LogP contribution in [0.1, 0.15) is 25.7 Å². The highest BCUT2D eigenvalue weighted by molar-refractivity contribution is 5.72. The molecule has 1 saturated carbocycles. The van der Waals surface area contributed by atoms with Crippen molar-refractivity contribution in [2.24, 2.45) is 0 Å². The molecule has 18 heavy (non-hydrogen) atoms. The number of carbonyl (C=O) groups is 2. The van der Waals surface area contributed by atoms with Crippen molar-refractivity contribution in [2.45, 2.75) is 37.8 Å². The van der Waals surface area contributed by atoms with Crippen molar-refractivity contribution in [3.63, 3.8) is 0 Å². The largest absolute Gasteiger partial charge is 0.480 e. The van der Waals surface area contributed by atoms with Gasteiger partial charge in [0.15, 0.2) is 0 Å². The van der Waals surface area contributed by atoms with Crippen LogP contribution in [0.25, 0.3) is 0 Å². The molecule has 1 aliphatic rings. The van der Waals surface area contributed by atoms with Crippen LogP contribution in [-0.4, -0.2) is 71.2 Å². The Hall–Kier alpha value is -1.14. The quantitative estimate of drug-likeness (QED) is 0.714. The number of carboxylic acids is 2. The molecule has 0 saturated heterocycles. The lowest BCUT2D eigenvalue weighted by Gasteiger charge is -2.41. The van der Waals surface area contributed by atoms with Crippen molar-refractivity contribution in [3.05, 3.63) is 0 Å². The highest BCUT2D eigenvalue weighted by Crippen LogP contribution is 2.25. The minimum atomic E-state index is -0.973. The van der Waals surface area contributed by atoms with Gasteiger partial charge in [0.1, 0.15) is 0 Å². The van der Waals surface area contributed by atoms with Gasteiger partial charge in [-0.25, -0.2) is 0 Å². The normalized spacial score (nSPS) is 24.4. The molecular formula is C12H22N2O4. The molecule has 0 aromatic heterocycles. The summed E-state index contributed by atoms with van der Waals surface area (Å²) in [5, 5.41) is 17.8. The van der Waals surface area contributed by atoms with Gasteiger partial charge < -0.3 is 15.1 Å². The number of likely N-dealkylation sites (N-methyl/N-ethyl adjacent to an activating group) is 1. The average molecular weight is 258 g/mol. The van der Waals surface area contributed by atoms with Crippen molar-refractivity contribution in [2.75, 3.05) is 27.2 Å². The fraction of sp³-hybridized carbons (Fsp3) is 0.833. The second-order valence-corrected chi connectivity index (χ2v) is 5.08. The summed E-state index contributed by atoms with van der Waals surface area (Å²) in [6.07, 6.45) is 4.01. The van der Waals surface area contributed by atoms with E-state index < -0.39 is 11.9 Å². The maximum atomic E-state index is 10.9. The summed E-state index contributed by atoms with van der Waals surface area (Å²) in [7, 11) is 3.92. The Balaban J connectivity index is 2.79. The van der Waals surface area contributed by atoms with Gasteiger partial charge in [-0.3, -0.25) is 14.5 Å². The minimum Gasteiger partial charge on any atom is -0.480 e. The molecule has 6 heteroatoms. The molecule has 0 aliphatic heterocycles. The third kappa shape index (κ3) is 4.27. The van der Waals surface area contributed by atoms with Crippen LogP contribution in [0.3, 0.4) is 0 Å². The molecular weight excluding hydrogens is 236 g/mol. The van der Waals surface area contributed by atoms with Crippen molar-refractivity contribution >= 4 is 11.9 Å². The van der Waals surface area contributed by atoms with Crippen LogP contribution in [-0.2, 0) is 9.59 Å². The van der Waals surface area contributed by atoms with E-state index in [0.29, 0.717) is 0 Å². The van der Waals surface area contributed by atoms with Crippen molar-refractivity contribution in [1.29, 1.82) is 0 Å². The maximum Gasteiger partial charge on any atom is 0.317 e. The zero-order valence-electron chi connectivity index (χ0n) is 11.0. The summed E-state index contributed by atoms with van der Waals surface area (Å²) in [6, 6.07) is 0.249. The second-order valence-electron chi connectivity index (χ2n) is 5.08. The number of hydrogen-bond donors (Lipinski definition) is 2. The fourth-order valence-electron chi connectivity index (χ4n) is 2.76. The van der Waals surface area contributed by atoms with Crippen molar-refractivity contribution in [1.82, 2.24) is 9.80 Å². The number of aliphatic carboxylic acids is 2. The molecule has 1 aliphatic carbocycles. The lowest BCUT2D eigenvalue weighted by atomic mass is 9.88. The number of carboxylic acid groups (broad SMARTS) is 2. The Bertz CT molecular complexity index is 290. The first-order chi connectivity index (χ1) is 8.41. The summed E-state index contributed by atoms with van der Waals surface area (Å²) in [6.45, 7) is -0.414. The molecule has 0 heterocycles. The molecule has 2 N–H and O–H groups in total. The van der Waals surface area contributed by atoms with Crippen LogP contribution in [0.2, 0.25) is 0 Å². The van der Waals surface area contributed by atoms with Crippen LogP contribution in [0.4, 0.5) is 0 Å². The lowest BCUT2D eigenvalue weighted by molar-refractivity contribution is -0.143. The summed E-state index contributed by atoms with van der Waals surface area (Å²) in [5.74, 6) is -1.95. The molecule has 0 unspecified atom stereocenters. The topological polar surface area (TPSA) is 81.1 Å². The monoisotopic (exact) mass is 258 g/mol. The molecule has 6 nitrogen and oxygen atoms in total. The summed E-state index contributed by atoms with van der Waals surface area (Å²) in [4.78, 5) is 25.4. The van der Waals surface area contributed by atoms with E-state index in [4.69, 9.17) is 10.2 Å². The van der Waals surface area contributed by atoms with Gasteiger partial charge in [0.2, 0.25) is 0 Å². The molecule has 0 aromatic carbocycles. The van der Waals surface area contributed by atoms with Crippen LogP contribution < -0.4 is 0 Å². The van der Waals surface area contributed by atoms with Gasteiger partial charge in [-0.1, -0.05) is 12.8 Å². The second kappa shape index (κ2) is 6.70. The summed E-state index contributed by atoms with van der Waals surface area (Å²) in [5.41, 5.74) is 0. The van der Waals surface area contributed by atoms with Gasteiger partial charge in [-0.05, 0) is 26.9 Å². The van der Waals surface area contributed by atoms with Crippen molar-refractivity contribution < 1.29 is 19.8 Å². The van der Waals surface area contributed by atoms with Gasteiger partial charge in [0, 0.05) is 12.1 Å². The van der Waals surface area contributed by atoms with E-state index in [-0.39, 0.29) is 25.2 Å². The van der Waals surface area contributed by atoms with E-state index in [1.54, 1.807) is 4.90 Å². The van der Waals surface area contributed by atoms with Crippen LogP contribution in [0.15, 0.2) is 0 Å². The van der Waals surface area contributed by atoms with E-state index >= 15 is 0 Å². The fourth-order valence-corrected chi connectivity index (χ4v) is 2.76. The molecule has 0 aromatic rings. The Kier molecular flexibility index (Phi) is 5.55. The molecule has 2 atom stereocenters. The van der Waals surface area contributed by atoms with E-state index in [1.165, 1.54) is 0 Å². The third-order valence-electron chi connectivity index (χ3n) is 3.50. The van der Waals surface area contributed by atoms with E-state index in [2.05, 4.69) is 4.90 Å². The van der Waals surface area contributed by atoms with Gasteiger partial charge in [-0.2, -0.15) is 0 Å². The highest BCUT2D eigenvalue weighted by atomic mass is 16.4. The van der Waals surface area contributed by atoms with Crippen LogP contribution in [0.5, 0.6) is 0 Å². The Morgan fingerprint density at radius 3 is 1.83 bits per heavy atom. The zero-order chi connectivity index (χ0) is 13.7. The molecule has 1 rings (SSSR count). The lowest BCUT2D eigenvalue weighted by Crippen LogP contribution is -2.53. The molecule has 0 radical (unpaired) electrons. The highest BCUT2D eigenvalue weighted by Gasteiger charge is 2.33. The summed E-state index contributed by atoms with van der Waals surface area (Å²) >= 11 is 0.